The standard InChI is InChI=1S/C13H11F6NO/c1-6-3-2-4-7-5-8(21-10(6)7)9(20)11(12(14,15)16)13(17,18)19/h2-5,9,11H,20H2,1H3. The first kappa shape index (κ1) is 15.7. The fourth-order valence-corrected chi connectivity index (χ4v) is 2.15. The van der Waals surface area contributed by atoms with E-state index < -0.39 is 30.1 Å². The number of aryl methyl sites for hydroxylation is 1. The molecule has 1 heterocycles. The van der Waals surface area contributed by atoms with Crippen molar-refractivity contribution in [3.05, 3.63) is 35.6 Å². The fraction of sp³-hybridized carbons (Fsp3) is 0.385. The second kappa shape index (κ2) is 4.94. The maximum Gasteiger partial charge on any atom is 0.402 e. The molecule has 2 N–H and O–H groups in total. The van der Waals surface area contributed by atoms with Gasteiger partial charge in [0, 0.05) is 5.39 Å². The Morgan fingerprint density at radius 3 is 2.10 bits per heavy atom. The molecule has 1 unspecified atom stereocenters. The molecule has 0 radical (unpaired) electrons. The van der Waals surface area contributed by atoms with Crippen LogP contribution in [0.3, 0.4) is 0 Å². The van der Waals surface area contributed by atoms with Crippen LogP contribution in [0.25, 0.3) is 11.0 Å². The number of para-hydroxylation sites is 1. The van der Waals surface area contributed by atoms with Gasteiger partial charge in [0.1, 0.15) is 11.3 Å². The van der Waals surface area contributed by atoms with E-state index in [4.69, 9.17) is 10.2 Å². The van der Waals surface area contributed by atoms with E-state index in [-0.39, 0.29) is 5.58 Å². The Bertz CT molecular complexity index is 628. The molecule has 0 saturated carbocycles. The Balaban J connectivity index is 2.49. The van der Waals surface area contributed by atoms with Crippen molar-refractivity contribution < 1.29 is 30.8 Å². The topological polar surface area (TPSA) is 39.2 Å². The van der Waals surface area contributed by atoms with Crippen molar-refractivity contribution in [2.45, 2.75) is 25.3 Å². The molecule has 2 rings (SSSR count). The van der Waals surface area contributed by atoms with Gasteiger partial charge in [-0.2, -0.15) is 26.3 Å². The van der Waals surface area contributed by atoms with Crippen LogP contribution in [0.4, 0.5) is 26.3 Å². The van der Waals surface area contributed by atoms with Gasteiger partial charge in [-0.25, -0.2) is 0 Å². The van der Waals surface area contributed by atoms with Gasteiger partial charge in [0.05, 0.1) is 6.04 Å². The fourth-order valence-electron chi connectivity index (χ4n) is 2.15. The zero-order chi connectivity index (χ0) is 16.0. The van der Waals surface area contributed by atoms with Crippen LogP contribution in [0.5, 0.6) is 0 Å². The summed E-state index contributed by atoms with van der Waals surface area (Å²) >= 11 is 0. The molecule has 0 saturated heterocycles. The molecule has 0 amide bonds. The summed E-state index contributed by atoms with van der Waals surface area (Å²) in [7, 11) is 0. The summed E-state index contributed by atoms with van der Waals surface area (Å²) in [6, 6.07) is 3.53. The van der Waals surface area contributed by atoms with Crippen LogP contribution in [0.15, 0.2) is 28.7 Å². The van der Waals surface area contributed by atoms with E-state index in [9.17, 15) is 26.3 Å². The SMILES string of the molecule is Cc1cccc2cc(C(N)C(C(F)(F)F)C(F)(F)F)oc12. The van der Waals surface area contributed by atoms with Crippen LogP contribution in [-0.4, -0.2) is 12.4 Å². The Labute approximate surface area is 115 Å². The highest BCUT2D eigenvalue weighted by atomic mass is 19.4. The minimum Gasteiger partial charge on any atom is -0.459 e. The summed E-state index contributed by atoms with van der Waals surface area (Å²) in [6.45, 7) is 1.63. The van der Waals surface area contributed by atoms with Gasteiger partial charge in [-0.15, -0.1) is 0 Å². The van der Waals surface area contributed by atoms with Crippen molar-refractivity contribution in [1.29, 1.82) is 0 Å². The van der Waals surface area contributed by atoms with Crippen molar-refractivity contribution >= 4 is 11.0 Å². The van der Waals surface area contributed by atoms with E-state index >= 15 is 0 Å². The van der Waals surface area contributed by atoms with Gasteiger partial charge in [0.25, 0.3) is 0 Å². The number of benzene rings is 1. The summed E-state index contributed by atoms with van der Waals surface area (Å²) < 4.78 is 81.0. The number of alkyl halides is 6. The van der Waals surface area contributed by atoms with Crippen LogP contribution in [0, 0.1) is 12.8 Å². The minimum atomic E-state index is -5.51. The van der Waals surface area contributed by atoms with Crippen molar-refractivity contribution in [1.82, 2.24) is 0 Å². The lowest BCUT2D eigenvalue weighted by Crippen LogP contribution is -2.43. The number of hydrogen-bond acceptors (Lipinski definition) is 2. The van der Waals surface area contributed by atoms with E-state index in [1.54, 1.807) is 19.1 Å². The molecular formula is C13H11F6NO. The third kappa shape index (κ3) is 2.99. The molecule has 8 heteroatoms. The normalized spacial score (nSPS) is 14.9. The third-order valence-electron chi connectivity index (χ3n) is 3.15. The predicted molar refractivity (Wildman–Crippen MR) is 63.5 cm³/mol. The van der Waals surface area contributed by atoms with E-state index in [0.29, 0.717) is 10.9 Å². The summed E-state index contributed by atoms with van der Waals surface area (Å²) in [5, 5.41) is 0.406. The maximum atomic E-state index is 12.6. The number of hydrogen-bond donors (Lipinski definition) is 1. The molecule has 1 aromatic heterocycles. The number of furan rings is 1. The summed E-state index contributed by atoms with van der Waals surface area (Å²) in [5.74, 6) is -4.22. The minimum absolute atomic E-state index is 0.228. The molecule has 21 heavy (non-hydrogen) atoms. The second-order valence-electron chi connectivity index (χ2n) is 4.73. The number of rotatable bonds is 2. The van der Waals surface area contributed by atoms with Gasteiger partial charge >= 0.3 is 12.4 Å². The molecule has 0 aliphatic rings. The molecule has 2 aromatic rings. The van der Waals surface area contributed by atoms with E-state index in [2.05, 4.69) is 0 Å². The van der Waals surface area contributed by atoms with E-state index in [1.807, 2.05) is 0 Å². The number of halogens is 6. The second-order valence-corrected chi connectivity index (χ2v) is 4.73. The average Bonchev–Trinajstić information content (AvgIpc) is 2.70. The Morgan fingerprint density at radius 2 is 1.62 bits per heavy atom. The van der Waals surface area contributed by atoms with Gasteiger partial charge in [0.15, 0.2) is 5.92 Å². The molecule has 0 spiro atoms. The molecule has 0 aliphatic carbocycles. The van der Waals surface area contributed by atoms with Crippen molar-refractivity contribution in [3.8, 4) is 0 Å². The maximum absolute atomic E-state index is 12.6. The third-order valence-corrected chi connectivity index (χ3v) is 3.15. The highest BCUT2D eigenvalue weighted by molar-refractivity contribution is 5.81. The van der Waals surface area contributed by atoms with Gasteiger partial charge in [-0.3, -0.25) is 0 Å². The molecule has 0 fully saturated rings. The van der Waals surface area contributed by atoms with Gasteiger partial charge in [-0.05, 0) is 18.6 Å². The lowest BCUT2D eigenvalue weighted by atomic mass is 9.97. The van der Waals surface area contributed by atoms with Gasteiger partial charge in [0.2, 0.25) is 0 Å². The first-order valence-corrected chi connectivity index (χ1v) is 5.90. The van der Waals surface area contributed by atoms with Crippen LogP contribution in [0.2, 0.25) is 0 Å². The molecule has 1 atom stereocenters. The van der Waals surface area contributed by atoms with Crippen LogP contribution < -0.4 is 5.73 Å². The summed E-state index contributed by atoms with van der Waals surface area (Å²) in [6.07, 6.45) is -11.0. The van der Waals surface area contributed by atoms with Crippen molar-refractivity contribution in [2.75, 3.05) is 0 Å². The first-order valence-electron chi connectivity index (χ1n) is 5.90. The average molecular weight is 311 g/mol. The van der Waals surface area contributed by atoms with Gasteiger partial charge < -0.3 is 10.2 Å². The zero-order valence-electron chi connectivity index (χ0n) is 10.7. The number of fused-ring (bicyclic) bond motifs is 1. The van der Waals surface area contributed by atoms with E-state index in [1.165, 1.54) is 6.07 Å². The van der Waals surface area contributed by atoms with Crippen molar-refractivity contribution in [3.63, 3.8) is 0 Å². The highest BCUT2D eigenvalue weighted by Crippen LogP contribution is 2.46. The molecule has 1 aromatic carbocycles. The van der Waals surface area contributed by atoms with Gasteiger partial charge in [-0.1, -0.05) is 18.2 Å². The highest BCUT2D eigenvalue weighted by Gasteiger charge is 2.60. The van der Waals surface area contributed by atoms with Crippen LogP contribution in [0.1, 0.15) is 17.4 Å². The molecular weight excluding hydrogens is 300 g/mol. The number of nitrogens with two attached hydrogens (primary N) is 1. The smallest absolute Gasteiger partial charge is 0.402 e. The Kier molecular flexibility index (Phi) is 3.69. The lowest BCUT2D eigenvalue weighted by Gasteiger charge is -2.26. The molecule has 0 bridgehead atoms. The first-order chi connectivity index (χ1) is 9.51. The van der Waals surface area contributed by atoms with E-state index in [0.717, 1.165) is 6.07 Å². The molecule has 2 nitrogen and oxygen atoms in total. The molecule has 0 aliphatic heterocycles. The predicted octanol–water partition coefficient (Wildman–Crippen LogP) is 4.48. The summed E-state index contributed by atoms with van der Waals surface area (Å²) in [4.78, 5) is 0. The largest absolute Gasteiger partial charge is 0.459 e. The van der Waals surface area contributed by atoms with Crippen LogP contribution >= 0.6 is 0 Å². The molecule has 116 valence electrons. The quantitative estimate of drug-likeness (QED) is 0.830. The van der Waals surface area contributed by atoms with Crippen molar-refractivity contribution in [2.24, 2.45) is 11.7 Å². The van der Waals surface area contributed by atoms with Crippen LogP contribution in [-0.2, 0) is 0 Å². The monoisotopic (exact) mass is 311 g/mol. The Hall–Kier alpha value is -1.70. The summed E-state index contributed by atoms with van der Waals surface area (Å²) in [5.41, 5.74) is 6.02. The lowest BCUT2D eigenvalue weighted by molar-refractivity contribution is -0.291. The zero-order valence-corrected chi connectivity index (χ0v) is 10.7. The Morgan fingerprint density at radius 1 is 1.05 bits per heavy atom.